The van der Waals surface area contributed by atoms with Gasteiger partial charge in [0, 0.05) is 21.8 Å². The van der Waals surface area contributed by atoms with Crippen molar-refractivity contribution in [1.82, 2.24) is 0 Å². The minimum atomic E-state index is -1.32. The van der Waals surface area contributed by atoms with Crippen molar-refractivity contribution in [3.05, 3.63) is 83.4 Å². The molecule has 4 N–H and O–H groups in total. The molecule has 3 rings (SSSR count). The molecule has 0 saturated carbocycles. The van der Waals surface area contributed by atoms with Crippen LogP contribution in [0.2, 0.25) is 0 Å². The molecule has 0 atom stereocenters. The van der Waals surface area contributed by atoms with Crippen molar-refractivity contribution in [2.45, 2.75) is 37.5 Å². The van der Waals surface area contributed by atoms with Gasteiger partial charge in [-0.2, -0.15) is 0 Å². The highest BCUT2D eigenvalue weighted by atomic mass is 32.2. The van der Waals surface area contributed by atoms with Crippen LogP contribution in [-0.2, 0) is 21.4 Å². The number of halogens is 2. The zero-order valence-electron chi connectivity index (χ0n) is 19.2. The van der Waals surface area contributed by atoms with Crippen molar-refractivity contribution in [2.75, 3.05) is 22.1 Å². The number of rotatable bonds is 8. The van der Waals surface area contributed by atoms with Crippen LogP contribution in [0.25, 0.3) is 0 Å². The summed E-state index contributed by atoms with van der Waals surface area (Å²) in [7, 11) is 0. The van der Waals surface area contributed by atoms with Gasteiger partial charge in [0.2, 0.25) is 11.8 Å². The molecule has 3 aromatic carbocycles. The van der Waals surface area contributed by atoms with Gasteiger partial charge < -0.3 is 16.4 Å². The van der Waals surface area contributed by atoms with Gasteiger partial charge in [-0.25, -0.2) is 8.78 Å². The second-order valence-corrected chi connectivity index (χ2v) is 9.65. The summed E-state index contributed by atoms with van der Waals surface area (Å²) < 4.78 is 29.0. The van der Waals surface area contributed by atoms with Crippen LogP contribution >= 0.6 is 11.8 Å². The highest BCUT2D eigenvalue weighted by Crippen LogP contribution is 2.30. The maximum atomic E-state index is 15.0. The summed E-state index contributed by atoms with van der Waals surface area (Å²) in [5.41, 5.74) is 5.79. The average molecular weight is 484 g/mol. The molecular weight excluding hydrogens is 456 g/mol. The number of amides is 2. The molecule has 178 valence electrons. The van der Waals surface area contributed by atoms with Gasteiger partial charge in [-0.3, -0.25) is 9.59 Å². The molecule has 0 aromatic heterocycles. The molecule has 0 aliphatic rings. The number of anilines is 3. The van der Waals surface area contributed by atoms with E-state index in [2.05, 4.69) is 17.6 Å². The molecule has 5 nitrogen and oxygen atoms in total. The fourth-order valence-electron chi connectivity index (χ4n) is 3.40. The van der Waals surface area contributed by atoms with Gasteiger partial charge in [-0.1, -0.05) is 25.1 Å². The Balaban J connectivity index is 1.68. The van der Waals surface area contributed by atoms with Crippen LogP contribution in [0, 0.1) is 11.6 Å². The Morgan fingerprint density at radius 1 is 0.941 bits per heavy atom. The summed E-state index contributed by atoms with van der Waals surface area (Å²) in [6, 6.07) is 15.7. The first-order valence-electron chi connectivity index (χ1n) is 10.8. The highest BCUT2D eigenvalue weighted by Gasteiger charge is 2.33. The molecule has 0 radical (unpaired) electrons. The second-order valence-electron chi connectivity index (χ2n) is 8.31. The van der Waals surface area contributed by atoms with Gasteiger partial charge in [-0.15, -0.1) is 11.8 Å². The van der Waals surface area contributed by atoms with E-state index in [1.165, 1.54) is 44.2 Å². The fraction of sp³-hybridized carbons (Fsp3) is 0.231. The Labute approximate surface area is 202 Å². The molecule has 0 aliphatic carbocycles. The first kappa shape index (κ1) is 25.2. The Kier molecular flexibility index (Phi) is 7.94. The number of hydrogen-bond donors (Lipinski definition) is 3. The van der Waals surface area contributed by atoms with Crippen LogP contribution in [0.15, 0.2) is 65.6 Å². The van der Waals surface area contributed by atoms with E-state index < -0.39 is 23.0 Å². The molecule has 0 fully saturated rings. The second kappa shape index (κ2) is 10.7. The van der Waals surface area contributed by atoms with E-state index >= 15 is 0 Å². The topological polar surface area (TPSA) is 84.2 Å². The van der Waals surface area contributed by atoms with Crippen LogP contribution in [0.4, 0.5) is 25.8 Å². The number of benzene rings is 3. The monoisotopic (exact) mass is 483 g/mol. The van der Waals surface area contributed by atoms with Crippen molar-refractivity contribution in [1.29, 1.82) is 0 Å². The van der Waals surface area contributed by atoms with Gasteiger partial charge in [0.15, 0.2) is 0 Å². The molecule has 2 amide bonds. The maximum Gasteiger partial charge on any atom is 0.234 e. The van der Waals surface area contributed by atoms with Crippen molar-refractivity contribution in [3.63, 3.8) is 0 Å². The lowest BCUT2D eigenvalue weighted by Crippen LogP contribution is -2.36. The smallest absolute Gasteiger partial charge is 0.234 e. The SMILES string of the molecule is CCSc1ccc(CC(=O)Nc2ccc(C(C)(C)C(=O)Nc3cc(N)ccc3F)c(F)c2)cc1. The predicted octanol–water partition coefficient (Wildman–Crippen LogP) is 5.76. The first-order valence-corrected chi connectivity index (χ1v) is 11.8. The minimum Gasteiger partial charge on any atom is -0.399 e. The van der Waals surface area contributed by atoms with Crippen molar-refractivity contribution >= 4 is 40.6 Å². The van der Waals surface area contributed by atoms with E-state index in [0.717, 1.165) is 22.3 Å². The number of nitrogens with two attached hydrogens (primary N) is 1. The van der Waals surface area contributed by atoms with Crippen LogP contribution in [0.1, 0.15) is 31.9 Å². The van der Waals surface area contributed by atoms with E-state index in [4.69, 9.17) is 5.73 Å². The summed E-state index contributed by atoms with van der Waals surface area (Å²) in [5, 5.41) is 5.16. The summed E-state index contributed by atoms with van der Waals surface area (Å²) >= 11 is 1.72. The number of hydrogen-bond acceptors (Lipinski definition) is 4. The molecule has 0 heterocycles. The van der Waals surface area contributed by atoms with Crippen LogP contribution < -0.4 is 16.4 Å². The van der Waals surface area contributed by atoms with Crippen LogP contribution in [-0.4, -0.2) is 17.6 Å². The van der Waals surface area contributed by atoms with Gasteiger partial charge >= 0.3 is 0 Å². The number of nitrogens with one attached hydrogen (secondary N) is 2. The third kappa shape index (κ3) is 6.14. The van der Waals surface area contributed by atoms with E-state index in [9.17, 15) is 18.4 Å². The highest BCUT2D eigenvalue weighted by molar-refractivity contribution is 7.99. The third-order valence-electron chi connectivity index (χ3n) is 5.33. The van der Waals surface area contributed by atoms with E-state index in [-0.39, 0.29) is 35.0 Å². The molecule has 0 unspecified atom stereocenters. The Morgan fingerprint density at radius 3 is 2.29 bits per heavy atom. The van der Waals surface area contributed by atoms with Gasteiger partial charge in [0.25, 0.3) is 0 Å². The Morgan fingerprint density at radius 2 is 1.65 bits per heavy atom. The number of thioether (sulfide) groups is 1. The Bertz CT molecular complexity index is 1200. The lowest BCUT2D eigenvalue weighted by molar-refractivity contribution is -0.120. The quantitative estimate of drug-likeness (QED) is 0.281. The number of carbonyl (C=O) groups excluding carboxylic acids is 2. The third-order valence-corrected chi connectivity index (χ3v) is 6.23. The lowest BCUT2D eigenvalue weighted by Gasteiger charge is -2.25. The van der Waals surface area contributed by atoms with E-state index in [1.54, 1.807) is 11.8 Å². The van der Waals surface area contributed by atoms with Gasteiger partial charge in [-0.05, 0) is 67.6 Å². The number of carbonyl (C=O) groups is 2. The van der Waals surface area contributed by atoms with Crippen molar-refractivity contribution in [3.8, 4) is 0 Å². The summed E-state index contributed by atoms with van der Waals surface area (Å²) in [4.78, 5) is 26.4. The van der Waals surface area contributed by atoms with E-state index in [0.29, 0.717) is 0 Å². The summed E-state index contributed by atoms with van der Waals surface area (Å²) in [6.07, 6.45) is 0.153. The molecular formula is C26H27F2N3O2S. The molecule has 8 heteroatoms. The largest absolute Gasteiger partial charge is 0.399 e. The fourth-order valence-corrected chi connectivity index (χ4v) is 4.06. The molecule has 0 spiro atoms. The molecule has 0 saturated heterocycles. The van der Waals surface area contributed by atoms with Crippen molar-refractivity contribution in [2.24, 2.45) is 0 Å². The zero-order chi connectivity index (χ0) is 24.9. The first-order chi connectivity index (χ1) is 16.1. The summed E-state index contributed by atoms with van der Waals surface area (Å²) in [6.45, 7) is 5.14. The van der Waals surface area contributed by atoms with Crippen LogP contribution in [0.5, 0.6) is 0 Å². The molecule has 34 heavy (non-hydrogen) atoms. The minimum absolute atomic E-state index is 0.0799. The lowest BCUT2D eigenvalue weighted by atomic mass is 9.83. The van der Waals surface area contributed by atoms with Crippen LogP contribution in [0.3, 0.4) is 0 Å². The van der Waals surface area contributed by atoms with Crippen molar-refractivity contribution < 1.29 is 18.4 Å². The normalized spacial score (nSPS) is 11.2. The summed E-state index contributed by atoms with van der Waals surface area (Å²) in [5.74, 6) is -1.21. The molecule has 3 aromatic rings. The maximum absolute atomic E-state index is 15.0. The predicted molar refractivity (Wildman–Crippen MR) is 134 cm³/mol. The van der Waals surface area contributed by atoms with E-state index in [1.807, 2.05) is 24.3 Å². The van der Waals surface area contributed by atoms with Gasteiger partial charge in [0.05, 0.1) is 17.5 Å². The zero-order valence-corrected chi connectivity index (χ0v) is 20.1. The standard InChI is InChI=1S/C26H27F2N3O2S/c1-4-34-19-9-5-16(6-10-19)13-24(32)30-18-8-11-20(22(28)15-18)26(2,3)25(33)31-23-14-17(29)7-12-21(23)27/h5-12,14-15H,4,13,29H2,1-3H3,(H,30,32)(H,31,33). The Hall–Kier alpha value is -3.39. The average Bonchev–Trinajstić information content (AvgIpc) is 2.77. The van der Waals surface area contributed by atoms with Gasteiger partial charge in [0.1, 0.15) is 11.6 Å². The molecule has 0 bridgehead atoms. The molecule has 0 aliphatic heterocycles. The number of nitrogen functional groups attached to an aromatic ring is 1.